The molecular formula is H12K2NO11P3. The number of rotatable bonds is 2. The molecule has 0 aromatic rings. The van der Waals surface area contributed by atoms with Gasteiger partial charge in [-0.1, -0.05) is 0 Å². The summed E-state index contributed by atoms with van der Waals surface area (Å²) in [4.78, 5) is 52.6. The van der Waals surface area contributed by atoms with Crippen molar-refractivity contribution < 1.29 is 52.3 Å². The van der Waals surface area contributed by atoms with E-state index in [2.05, 4.69) is 4.31 Å². The van der Waals surface area contributed by atoms with E-state index < -0.39 is 23.5 Å². The second-order valence-electron chi connectivity index (χ2n) is 1.58. The van der Waals surface area contributed by atoms with Crippen LogP contribution in [0, 0.1) is 0 Å². The molecule has 0 spiro atoms. The van der Waals surface area contributed by atoms with Crippen LogP contribution in [-0.2, 0) is 18.0 Å². The van der Waals surface area contributed by atoms with Crippen LogP contribution in [-0.4, -0.2) is 137 Å². The van der Waals surface area contributed by atoms with Crippen LogP contribution in [0.5, 0.6) is 0 Å². The Morgan fingerprint density at radius 2 is 0.765 bits per heavy atom. The summed E-state index contributed by atoms with van der Waals surface area (Å²) in [6.07, 6.45) is 0. The monoisotopic (exact) mass is 373 g/mol. The summed E-state index contributed by atoms with van der Waals surface area (Å²) >= 11 is 0. The van der Waals surface area contributed by atoms with E-state index in [1.54, 1.807) is 0 Å². The molecule has 0 saturated carbocycles. The van der Waals surface area contributed by atoms with Gasteiger partial charge in [0.2, 0.25) is 0 Å². The summed E-state index contributed by atoms with van der Waals surface area (Å²) < 4.78 is 31.1. The molecule has 0 aliphatic heterocycles. The summed E-state index contributed by atoms with van der Waals surface area (Å²) in [6, 6.07) is 0. The molecule has 10 N–H and O–H groups in total. The molecule has 0 aromatic carbocycles. The van der Waals surface area contributed by atoms with Crippen LogP contribution in [0.2, 0.25) is 0 Å². The average Bonchev–Trinajstić information content (AvgIpc) is 1.42. The van der Waals surface area contributed by atoms with Crippen LogP contribution in [0.1, 0.15) is 0 Å². The molecule has 0 aliphatic rings. The fourth-order valence-electron chi connectivity index (χ4n) is 0.139. The molecule has 0 radical (unpaired) electrons. The van der Waals surface area contributed by atoms with Gasteiger partial charge in [0.15, 0.2) is 0 Å². The minimum absolute atomic E-state index is 0. The summed E-state index contributed by atoms with van der Waals surface area (Å²) in [7, 11) is -14.7. The van der Waals surface area contributed by atoms with Gasteiger partial charge in [-0.3, -0.25) is 0 Å². The predicted molar refractivity (Wildman–Crippen MR) is 58.8 cm³/mol. The number of phosphoric acid groups is 3. The predicted octanol–water partition coefficient (Wildman–Crippen LogP) is -2.88. The Morgan fingerprint density at radius 1 is 0.647 bits per heavy atom. The summed E-state index contributed by atoms with van der Waals surface area (Å²) in [5.74, 6) is 0. The molecule has 0 aromatic heterocycles. The molecule has 12 nitrogen and oxygen atoms in total. The number of hydrogen-bond donors (Lipinski definition) is 8. The molecule has 0 aliphatic carbocycles. The molecule has 0 bridgehead atoms. The van der Waals surface area contributed by atoms with Crippen molar-refractivity contribution in [3.8, 4) is 0 Å². The van der Waals surface area contributed by atoms with Crippen LogP contribution in [0.3, 0.4) is 0 Å². The Balaban J connectivity index is -0.0000000533. The molecular weight excluding hydrogens is 361 g/mol. The number of hydrogen-bond acceptors (Lipinski definition) is 5. The fourth-order valence-corrected chi connectivity index (χ4v) is 1.25. The third-order valence-electron chi connectivity index (χ3n) is 0.213. The van der Waals surface area contributed by atoms with Crippen molar-refractivity contribution >= 4 is 126 Å². The Labute approximate surface area is 181 Å². The van der Waals surface area contributed by atoms with Crippen molar-refractivity contribution in [1.82, 2.24) is 6.15 Å². The van der Waals surface area contributed by atoms with E-state index in [0.29, 0.717) is 0 Å². The van der Waals surface area contributed by atoms with Crippen molar-refractivity contribution in [3.63, 3.8) is 0 Å². The van der Waals surface area contributed by atoms with E-state index >= 15 is 0 Å². The summed E-state index contributed by atoms with van der Waals surface area (Å²) in [6.45, 7) is 0. The molecule has 0 saturated heterocycles. The summed E-state index contributed by atoms with van der Waals surface area (Å²) in [5, 5.41) is 0. The first-order valence-electron chi connectivity index (χ1n) is 2.31. The maximum absolute atomic E-state index is 9.63. The van der Waals surface area contributed by atoms with Gasteiger partial charge < -0.3 is 40.4 Å². The normalized spacial score (nSPS) is 10.8. The molecule has 100 valence electrons. The first-order valence-corrected chi connectivity index (χ1v) is 6.94. The zero-order chi connectivity index (χ0) is 12.2. The van der Waals surface area contributed by atoms with E-state index in [-0.39, 0.29) is 109 Å². The molecule has 17 heteroatoms. The first-order chi connectivity index (χ1) is 5.71. The molecule has 0 rings (SSSR count). The van der Waals surface area contributed by atoms with E-state index in [4.69, 9.17) is 38.8 Å². The van der Waals surface area contributed by atoms with Gasteiger partial charge >= 0.3 is 126 Å². The van der Waals surface area contributed by atoms with Crippen molar-refractivity contribution in [2.24, 2.45) is 0 Å². The molecule has 17 heavy (non-hydrogen) atoms. The van der Waals surface area contributed by atoms with E-state index in [0.717, 1.165) is 0 Å². The van der Waals surface area contributed by atoms with E-state index in [1.165, 1.54) is 0 Å². The zero-order valence-electron chi connectivity index (χ0n) is 6.81. The average molecular weight is 373 g/mol. The molecule has 0 fully saturated rings. The van der Waals surface area contributed by atoms with Gasteiger partial charge in [-0.25, -0.2) is 13.7 Å². The van der Waals surface area contributed by atoms with Gasteiger partial charge in [-0.15, -0.1) is 0 Å². The SMILES string of the molecule is N.O=P(O)(O)O.O=P(O)(O)OP(=O)(O)O.[KH].[KH]. The van der Waals surface area contributed by atoms with Crippen molar-refractivity contribution in [1.29, 1.82) is 0 Å². The van der Waals surface area contributed by atoms with E-state index in [1.807, 2.05) is 0 Å². The molecule has 0 atom stereocenters. The zero-order valence-corrected chi connectivity index (χ0v) is 9.50. The second-order valence-corrected chi connectivity index (χ2v) is 5.22. The van der Waals surface area contributed by atoms with Gasteiger partial charge in [-0.05, 0) is 0 Å². The topological polar surface area (TPSA) is 237 Å². The molecule has 0 heterocycles. The van der Waals surface area contributed by atoms with Crippen molar-refractivity contribution in [2.75, 3.05) is 0 Å². The Bertz CT molecular complexity index is 268. The molecule has 0 amide bonds. The molecule has 0 unspecified atom stereocenters. The Kier molecular flexibility index (Phi) is 25.4. The minimum atomic E-state index is -5.05. The van der Waals surface area contributed by atoms with Gasteiger partial charge in [0.05, 0.1) is 0 Å². The van der Waals surface area contributed by atoms with Crippen molar-refractivity contribution in [2.45, 2.75) is 0 Å². The van der Waals surface area contributed by atoms with Gasteiger partial charge in [0.1, 0.15) is 0 Å². The quantitative estimate of drug-likeness (QED) is 0.180. The van der Waals surface area contributed by atoms with Gasteiger partial charge in [0.25, 0.3) is 0 Å². The van der Waals surface area contributed by atoms with Crippen LogP contribution in [0.15, 0.2) is 0 Å². The third kappa shape index (κ3) is 65.9. The van der Waals surface area contributed by atoms with Crippen molar-refractivity contribution in [3.05, 3.63) is 0 Å². The van der Waals surface area contributed by atoms with Gasteiger partial charge in [-0.2, -0.15) is 4.31 Å². The van der Waals surface area contributed by atoms with Gasteiger partial charge in [0, 0.05) is 0 Å². The Morgan fingerprint density at radius 3 is 0.765 bits per heavy atom. The third-order valence-corrected chi connectivity index (χ3v) is 1.91. The second kappa shape index (κ2) is 13.3. The Hall–Kier alpha value is 3.60. The van der Waals surface area contributed by atoms with Crippen LogP contribution < -0.4 is 6.15 Å². The van der Waals surface area contributed by atoms with Crippen LogP contribution >= 0.6 is 23.5 Å². The van der Waals surface area contributed by atoms with Crippen LogP contribution in [0.4, 0.5) is 0 Å². The standard InChI is InChI=1S/2K.H3N.H4O7P2.H3O4P.2H/c;;;1-8(2,3)7-9(4,5)6;1-5(2,3)4;;/h;;1H3;(H2,1,2,3)(H2,4,5,6);(H3,1,2,3,4);;. The maximum atomic E-state index is 9.63. The summed E-state index contributed by atoms with van der Waals surface area (Å²) in [5.41, 5.74) is 0. The fraction of sp³-hybridized carbons (Fsp3) is 0. The van der Waals surface area contributed by atoms with Crippen LogP contribution in [0.25, 0.3) is 0 Å². The van der Waals surface area contributed by atoms with E-state index in [9.17, 15) is 9.13 Å². The first kappa shape index (κ1) is 32.5.